The number of fused-ring (bicyclic) bond motifs is 2. The van der Waals surface area contributed by atoms with Crippen molar-refractivity contribution in [3.8, 4) is 0 Å². The summed E-state index contributed by atoms with van der Waals surface area (Å²) in [5.41, 5.74) is 3.51. The van der Waals surface area contributed by atoms with E-state index in [1.807, 2.05) is 37.4 Å². The molecule has 0 amide bonds. The SMILES string of the molecule is CCN(CC)CCCc1c[nH]c2ccc(NS(=O)(=O)c3sc4ccc(Cl)cc4c3C)cc12. The van der Waals surface area contributed by atoms with Crippen LogP contribution in [0.1, 0.15) is 31.4 Å². The number of aromatic amines is 1. The van der Waals surface area contributed by atoms with Crippen LogP contribution in [0.15, 0.2) is 46.8 Å². The lowest BCUT2D eigenvalue weighted by Gasteiger charge is -2.17. The summed E-state index contributed by atoms with van der Waals surface area (Å²) in [6.07, 6.45) is 4.04. The maximum Gasteiger partial charge on any atom is 0.271 e. The Labute approximate surface area is 198 Å². The quantitative estimate of drug-likeness (QED) is 0.285. The molecule has 0 unspecified atom stereocenters. The first kappa shape index (κ1) is 23.1. The van der Waals surface area contributed by atoms with Crippen LogP contribution in [0.3, 0.4) is 0 Å². The highest BCUT2D eigenvalue weighted by molar-refractivity contribution is 7.94. The number of nitrogens with zero attached hydrogens (tertiary/aromatic N) is 1. The number of aromatic nitrogens is 1. The predicted octanol–water partition coefficient (Wildman–Crippen LogP) is 6.42. The number of hydrogen-bond donors (Lipinski definition) is 2. The molecule has 0 saturated heterocycles. The Morgan fingerprint density at radius 3 is 2.62 bits per heavy atom. The van der Waals surface area contributed by atoms with Gasteiger partial charge in [-0.2, -0.15) is 0 Å². The van der Waals surface area contributed by atoms with E-state index >= 15 is 0 Å². The van der Waals surface area contributed by atoms with Crippen LogP contribution >= 0.6 is 22.9 Å². The van der Waals surface area contributed by atoms with Gasteiger partial charge in [0.25, 0.3) is 10.0 Å². The van der Waals surface area contributed by atoms with Gasteiger partial charge in [0.05, 0.1) is 0 Å². The summed E-state index contributed by atoms with van der Waals surface area (Å²) >= 11 is 7.37. The molecule has 2 N–H and O–H groups in total. The molecule has 5 nitrogen and oxygen atoms in total. The van der Waals surface area contributed by atoms with Crippen molar-refractivity contribution in [2.24, 2.45) is 0 Å². The smallest absolute Gasteiger partial charge is 0.271 e. The second kappa shape index (κ2) is 9.43. The summed E-state index contributed by atoms with van der Waals surface area (Å²) in [5.74, 6) is 0. The second-order valence-electron chi connectivity index (χ2n) is 7.97. The van der Waals surface area contributed by atoms with Gasteiger partial charge in [-0.05, 0) is 92.3 Å². The number of H-pyrrole nitrogens is 1. The van der Waals surface area contributed by atoms with Crippen LogP contribution in [0, 0.1) is 6.92 Å². The Hall–Kier alpha value is -2.06. The average Bonchev–Trinajstić information content (AvgIpc) is 3.32. The topological polar surface area (TPSA) is 65.2 Å². The Kier molecular flexibility index (Phi) is 6.81. The highest BCUT2D eigenvalue weighted by Crippen LogP contribution is 2.36. The van der Waals surface area contributed by atoms with Gasteiger partial charge >= 0.3 is 0 Å². The van der Waals surface area contributed by atoms with Crippen molar-refractivity contribution in [3.63, 3.8) is 0 Å². The van der Waals surface area contributed by atoms with Gasteiger partial charge in [-0.25, -0.2) is 8.42 Å². The number of rotatable bonds is 9. The highest BCUT2D eigenvalue weighted by atomic mass is 35.5. The minimum Gasteiger partial charge on any atom is -0.361 e. The Balaban J connectivity index is 1.58. The number of anilines is 1. The molecule has 0 spiro atoms. The third-order valence-corrected chi connectivity index (χ3v) is 9.44. The van der Waals surface area contributed by atoms with Crippen molar-refractivity contribution in [3.05, 3.63) is 58.7 Å². The van der Waals surface area contributed by atoms with E-state index < -0.39 is 10.0 Å². The molecule has 0 aliphatic rings. The number of benzene rings is 2. The molecule has 4 rings (SSSR count). The largest absolute Gasteiger partial charge is 0.361 e. The van der Waals surface area contributed by atoms with E-state index in [9.17, 15) is 8.42 Å². The normalized spacial score (nSPS) is 12.3. The summed E-state index contributed by atoms with van der Waals surface area (Å²) < 4.78 is 30.4. The van der Waals surface area contributed by atoms with Gasteiger partial charge < -0.3 is 9.88 Å². The third-order valence-electron chi connectivity index (χ3n) is 5.93. The van der Waals surface area contributed by atoms with Gasteiger partial charge in [0, 0.05) is 32.5 Å². The molecule has 170 valence electrons. The first-order valence-corrected chi connectivity index (χ1v) is 13.5. The first-order chi connectivity index (χ1) is 15.3. The lowest BCUT2D eigenvalue weighted by Crippen LogP contribution is -2.24. The van der Waals surface area contributed by atoms with Crippen LogP contribution in [-0.2, 0) is 16.4 Å². The molecular weight excluding hydrogens is 462 g/mol. The molecule has 2 aromatic carbocycles. The van der Waals surface area contributed by atoms with Crippen molar-refractivity contribution in [2.75, 3.05) is 24.4 Å². The zero-order valence-electron chi connectivity index (χ0n) is 18.5. The molecule has 2 aromatic heterocycles. The summed E-state index contributed by atoms with van der Waals surface area (Å²) in [6.45, 7) is 9.36. The minimum atomic E-state index is -3.71. The zero-order chi connectivity index (χ0) is 22.9. The predicted molar refractivity (Wildman–Crippen MR) is 137 cm³/mol. The number of aryl methyl sites for hydroxylation is 2. The third kappa shape index (κ3) is 4.66. The van der Waals surface area contributed by atoms with Gasteiger partial charge in [0.15, 0.2) is 0 Å². The van der Waals surface area contributed by atoms with E-state index in [0.29, 0.717) is 14.9 Å². The van der Waals surface area contributed by atoms with Gasteiger partial charge in [0.1, 0.15) is 4.21 Å². The number of thiophene rings is 1. The van der Waals surface area contributed by atoms with E-state index in [4.69, 9.17) is 11.6 Å². The Morgan fingerprint density at radius 1 is 1.09 bits per heavy atom. The summed E-state index contributed by atoms with van der Waals surface area (Å²) in [4.78, 5) is 5.72. The van der Waals surface area contributed by atoms with Crippen molar-refractivity contribution in [1.82, 2.24) is 9.88 Å². The van der Waals surface area contributed by atoms with E-state index in [0.717, 1.165) is 59.0 Å². The molecule has 32 heavy (non-hydrogen) atoms. The molecule has 0 bridgehead atoms. The first-order valence-electron chi connectivity index (χ1n) is 10.9. The van der Waals surface area contributed by atoms with E-state index in [1.165, 1.54) is 16.9 Å². The molecule has 8 heteroatoms. The zero-order valence-corrected chi connectivity index (χ0v) is 20.9. The van der Waals surface area contributed by atoms with E-state index in [2.05, 4.69) is 28.5 Å². The number of hydrogen-bond acceptors (Lipinski definition) is 4. The maximum absolute atomic E-state index is 13.2. The van der Waals surface area contributed by atoms with Crippen LogP contribution in [0.5, 0.6) is 0 Å². The molecule has 0 fully saturated rings. The summed E-state index contributed by atoms with van der Waals surface area (Å²) in [5, 5.41) is 2.53. The molecule has 0 saturated carbocycles. The van der Waals surface area contributed by atoms with Crippen LogP contribution in [0.4, 0.5) is 5.69 Å². The van der Waals surface area contributed by atoms with Crippen LogP contribution in [0.2, 0.25) is 5.02 Å². The molecule has 0 aliphatic heterocycles. The molecule has 2 heterocycles. The standard InChI is InChI=1S/C24H28ClN3O2S2/c1-4-28(5-2)12-6-7-17-15-26-22-10-9-19(14-21(17)22)27-32(29,30)24-16(3)20-13-18(25)8-11-23(20)31-24/h8-11,13-15,26-27H,4-7,12H2,1-3H3. The maximum atomic E-state index is 13.2. The summed E-state index contributed by atoms with van der Waals surface area (Å²) in [7, 11) is -3.71. The minimum absolute atomic E-state index is 0.323. The van der Waals surface area contributed by atoms with Crippen molar-refractivity contribution in [2.45, 2.75) is 37.8 Å². The monoisotopic (exact) mass is 489 g/mol. The Morgan fingerprint density at radius 2 is 1.88 bits per heavy atom. The second-order valence-corrected chi connectivity index (χ2v) is 11.3. The fourth-order valence-electron chi connectivity index (χ4n) is 4.11. The van der Waals surface area contributed by atoms with E-state index in [1.54, 1.807) is 12.1 Å². The van der Waals surface area contributed by atoms with E-state index in [-0.39, 0.29) is 0 Å². The van der Waals surface area contributed by atoms with Crippen LogP contribution < -0.4 is 4.72 Å². The number of nitrogens with one attached hydrogen (secondary N) is 2. The van der Waals surface area contributed by atoms with Gasteiger partial charge in [0.2, 0.25) is 0 Å². The van der Waals surface area contributed by atoms with Gasteiger partial charge in [-0.3, -0.25) is 4.72 Å². The van der Waals surface area contributed by atoms with Gasteiger partial charge in [-0.1, -0.05) is 25.4 Å². The molecule has 4 aromatic rings. The average molecular weight is 490 g/mol. The van der Waals surface area contributed by atoms with Gasteiger partial charge in [-0.15, -0.1) is 11.3 Å². The molecule has 0 aliphatic carbocycles. The van der Waals surface area contributed by atoms with Crippen molar-refractivity contribution >= 4 is 59.6 Å². The molecule has 0 atom stereocenters. The molecule has 0 radical (unpaired) electrons. The lowest BCUT2D eigenvalue weighted by molar-refractivity contribution is 0.300. The van der Waals surface area contributed by atoms with Crippen LogP contribution in [-0.4, -0.2) is 37.9 Å². The summed E-state index contributed by atoms with van der Waals surface area (Å²) in [6, 6.07) is 11.1. The number of halogens is 1. The fraction of sp³-hybridized carbons (Fsp3) is 0.333. The van der Waals surface area contributed by atoms with Crippen LogP contribution in [0.25, 0.3) is 21.0 Å². The van der Waals surface area contributed by atoms with Crippen molar-refractivity contribution in [1.29, 1.82) is 0 Å². The molecular formula is C24H28ClN3O2S2. The van der Waals surface area contributed by atoms with Crippen molar-refractivity contribution < 1.29 is 8.42 Å². The fourth-order valence-corrected chi connectivity index (χ4v) is 7.08. The number of sulfonamides is 1. The highest BCUT2D eigenvalue weighted by Gasteiger charge is 2.22. The Bertz CT molecular complexity index is 1350. The lowest BCUT2D eigenvalue weighted by atomic mass is 10.1.